The van der Waals surface area contributed by atoms with Crippen molar-refractivity contribution in [2.24, 2.45) is 0 Å². The van der Waals surface area contributed by atoms with Crippen molar-refractivity contribution in [3.05, 3.63) is 17.7 Å². The van der Waals surface area contributed by atoms with Gasteiger partial charge in [-0.25, -0.2) is 0 Å². The van der Waals surface area contributed by atoms with Gasteiger partial charge in [-0.1, -0.05) is 21.6 Å². The van der Waals surface area contributed by atoms with Crippen molar-refractivity contribution in [1.82, 2.24) is 0 Å². The normalized spacial score (nSPS) is 10.7. The van der Waals surface area contributed by atoms with Gasteiger partial charge in [-0.3, -0.25) is 0 Å². The Morgan fingerprint density at radius 2 is 1.73 bits per heavy atom. The van der Waals surface area contributed by atoms with E-state index in [-0.39, 0.29) is 0 Å². The Morgan fingerprint density at radius 1 is 1.07 bits per heavy atom. The second-order valence-electron chi connectivity index (χ2n) is 2.80. The molecule has 0 heterocycles. The van der Waals surface area contributed by atoms with Crippen molar-refractivity contribution in [2.75, 3.05) is 21.3 Å². The monoisotopic (exact) mass is 292 g/mol. The van der Waals surface area contributed by atoms with Crippen LogP contribution in [0, 0.1) is 0 Å². The molecule has 0 aliphatic rings. The highest BCUT2D eigenvalue weighted by Gasteiger charge is 2.14. The van der Waals surface area contributed by atoms with Crippen molar-refractivity contribution in [3.63, 3.8) is 0 Å². The fourth-order valence-electron chi connectivity index (χ4n) is 1.37. The molecule has 1 aromatic carbocycles. The van der Waals surface area contributed by atoms with Gasteiger partial charge in [0.25, 0.3) is 0 Å². The molecule has 0 amide bonds. The summed E-state index contributed by atoms with van der Waals surface area (Å²) in [6, 6.07) is 3.89. The van der Waals surface area contributed by atoms with Gasteiger partial charge in [-0.2, -0.15) is 0 Å². The lowest BCUT2D eigenvalue weighted by molar-refractivity contribution is 0.323. The van der Waals surface area contributed by atoms with Crippen LogP contribution in [0.3, 0.4) is 0 Å². The van der Waals surface area contributed by atoms with E-state index >= 15 is 0 Å². The molecular weight excluding hydrogens is 279 g/mol. The van der Waals surface area contributed by atoms with Crippen LogP contribution >= 0.6 is 22.8 Å². The number of ether oxygens (including phenoxy) is 3. The van der Waals surface area contributed by atoms with Gasteiger partial charge in [0.15, 0.2) is 11.5 Å². The van der Waals surface area contributed by atoms with Crippen LogP contribution in [0.15, 0.2) is 12.1 Å². The van der Waals surface area contributed by atoms with Crippen molar-refractivity contribution < 1.29 is 14.2 Å². The second-order valence-corrected chi connectivity index (χ2v) is 5.11. The van der Waals surface area contributed by atoms with E-state index in [4.69, 9.17) is 14.2 Å². The number of benzene rings is 1. The Balaban J connectivity index is 3.21. The molecule has 5 heteroatoms. The SMILES string of the molecule is COc1ccc(CPBr)c(OC)c1OC. The molecule has 1 aromatic rings. The lowest BCUT2D eigenvalue weighted by atomic mass is 10.2. The number of rotatable bonds is 5. The first kappa shape index (κ1) is 12.6. The van der Waals surface area contributed by atoms with Crippen LogP contribution in [-0.2, 0) is 6.16 Å². The highest BCUT2D eigenvalue weighted by molar-refractivity contribution is 9.36. The molecule has 15 heavy (non-hydrogen) atoms. The Labute approximate surface area is 99.6 Å². The molecule has 3 nitrogen and oxygen atoms in total. The molecule has 84 valence electrons. The molecule has 1 rings (SSSR count). The van der Waals surface area contributed by atoms with E-state index in [9.17, 15) is 0 Å². The molecule has 1 atom stereocenters. The molecule has 1 unspecified atom stereocenters. The largest absolute Gasteiger partial charge is 0.493 e. The Bertz CT molecular complexity index is 331. The average molecular weight is 293 g/mol. The van der Waals surface area contributed by atoms with Gasteiger partial charge in [-0.15, -0.1) is 0 Å². The quantitative estimate of drug-likeness (QED) is 0.780. The zero-order valence-electron chi connectivity index (χ0n) is 8.96. The summed E-state index contributed by atoms with van der Waals surface area (Å²) in [5.41, 5.74) is 1.12. The maximum Gasteiger partial charge on any atom is 0.203 e. The van der Waals surface area contributed by atoms with E-state index in [0.29, 0.717) is 18.8 Å². The van der Waals surface area contributed by atoms with Gasteiger partial charge in [-0.05, 0) is 13.3 Å². The maximum atomic E-state index is 5.34. The summed E-state index contributed by atoms with van der Waals surface area (Å²) in [6.45, 7) is 0. The number of hydrogen-bond donors (Lipinski definition) is 0. The fraction of sp³-hybridized carbons (Fsp3) is 0.400. The maximum absolute atomic E-state index is 5.34. The summed E-state index contributed by atoms with van der Waals surface area (Å²) in [4.78, 5) is 0. The number of hydrogen-bond acceptors (Lipinski definition) is 3. The molecule has 0 aliphatic heterocycles. The lowest BCUT2D eigenvalue weighted by Crippen LogP contribution is -1.97. The van der Waals surface area contributed by atoms with Crippen LogP contribution < -0.4 is 14.2 Å². The molecule has 0 radical (unpaired) electrons. The smallest absolute Gasteiger partial charge is 0.203 e. The third-order valence-corrected chi connectivity index (χ3v) is 3.40. The van der Waals surface area contributed by atoms with Gasteiger partial charge >= 0.3 is 0 Å². The first-order chi connectivity index (χ1) is 7.28. The predicted molar refractivity (Wildman–Crippen MR) is 67.0 cm³/mol. The highest BCUT2D eigenvalue weighted by atomic mass is 79.9. The van der Waals surface area contributed by atoms with Crippen LogP contribution in [0.5, 0.6) is 17.2 Å². The van der Waals surface area contributed by atoms with E-state index in [2.05, 4.69) is 15.5 Å². The molecule has 0 aromatic heterocycles. The second kappa shape index (κ2) is 6.19. The highest BCUT2D eigenvalue weighted by Crippen LogP contribution is 2.42. The topological polar surface area (TPSA) is 27.7 Å². The van der Waals surface area contributed by atoms with Gasteiger partial charge in [0.2, 0.25) is 5.75 Å². The summed E-state index contributed by atoms with van der Waals surface area (Å²) in [6.07, 6.45) is 0.920. The van der Waals surface area contributed by atoms with Gasteiger partial charge in [0.05, 0.1) is 21.3 Å². The molecule has 0 N–H and O–H groups in total. The van der Waals surface area contributed by atoms with Crippen molar-refractivity contribution in [2.45, 2.75) is 6.16 Å². The van der Waals surface area contributed by atoms with Gasteiger partial charge in [0, 0.05) is 11.7 Å². The standard InChI is InChI=1S/C10H14BrO3P/c1-12-8-5-4-7(6-15-11)9(13-2)10(8)14-3/h4-5,15H,6H2,1-3H3. The summed E-state index contributed by atoms with van der Waals surface area (Å²) in [7, 11) is 5.53. The Morgan fingerprint density at radius 3 is 2.20 bits per heavy atom. The van der Waals surface area contributed by atoms with Crippen LogP contribution in [0.25, 0.3) is 0 Å². The van der Waals surface area contributed by atoms with Gasteiger partial charge < -0.3 is 14.2 Å². The van der Waals surface area contributed by atoms with Gasteiger partial charge in [0.1, 0.15) is 0 Å². The molecule has 0 spiro atoms. The zero-order valence-corrected chi connectivity index (χ0v) is 11.6. The lowest BCUT2D eigenvalue weighted by Gasteiger charge is -2.14. The summed E-state index contributed by atoms with van der Waals surface area (Å²) in [5.74, 6) is 2.10. The summed E-state index contributed by atoms with van der Waals surface area (Å²) in [5, 5.41) is 0. The minimum atomic E-state index is 0.656. The molecule has 0 fully saturated rings. The summed E-state index contributed by atoms with van der Waals surface area (Å²) >= 11 is 3.43. The van der Waals surface area contributed by atoms with E-state index in [1.54, 1.807) is 21.3 Å². The van der Waals surface area contributed by atoms with E-state index in [0.717, 1.165) is 17.5 Å². The molecule has 0 aliphatic carbocycles. The molecule has 0 bridgehead atoms. The van der Waals surface area contributed by atoms with Crippen LogP contribution in [0.1, 0.15) is 5.56 Å². The van der Waals surface area contributed by atoms with Crippen molar-refractivity contribution >= 4 is 22.8 Å². The Kier molecular flexibility index (Phi) is 5.20. The van der Waals surface area contributed by atoms with Crippen molar-refractivity contribution in [1.29, 1.82) is 0 Å². The number of halogens is 1. The minimum Gasteiger partial charge on any atom is -0.493 e. The van der Waals surface area contributed by atoms with Crippen LogP contribution in [0.2, 0.25) is 0 Å². The van der Waals surface area contributed by atoms with Crippen LogP contribution in [-0.4, -0.2) is 21.3 Å². The predicted octanol–water partition coefficient (Wildman–Crippen LogP) is 3.20. The fourth-order valence-corrected chi connectivity index (χ4v) is 2.70. The van der Waals surface area contributed by atoms with E-state index < -0.39 is 0 Å². The van der Waals surface area contributed by atoms with E-state index in [1.165, 1.54) is 0 Å². The summed E-state index contributed by atoms with van der Waals surface area (Å²) < 4.78 is 15.8. The van der Waals surface area contributed by atoms with Crippen LogP contribution in [0.4, 0.5) is 0 Å². The average Bonchev–Trinajstić information content (AvgIpc) is 2.28. The number of methoxy groups -OCH3 is 3. The first-order valence-electron chi connectivity index (χ1n) is 4.39. The molecular formula is C10H14BrO3P. The molecule has 0 saturated carbocycles. The first-order valence-corrected chi connectivity index (χ1v) is 7.86. The third-order valence-electron chi connectivity index (χ3n) is 2.04. The van der Waals surface area contributed by atoms with E-state index in [1.807, 2.05) is 12.1 Å². The Hall–Kier alpha value is -0.470. The molecule has 0 saturated heterocycles. The zero-order chi connectivity index (χ0) is 11.3. The minimum absolute atomic E-state index is 0.656. The third kappa shape index (κ3) is 2.76. The van der Waals surface area contributed by atoms with Crippen molar-refractivity contribution in [3.8, 4) is 17.2 Å².